The number of hydrogen-bond acceptors (Lipinski definition) is 4. The van der Waals surface area contributed by atoms with Crippen LogP contribution in [0.4, 0.5) is 0 Å². The molecule has 2 aromatic heterocycles. The lowest BCUT2D eigenvalue weighted by molar-refractivity contribution is 0.442. The van der Waals surface area contributed by atoms with Gasteiger partial charge in [-0.2, -0.15) is 0 Å². The van der Waals surface area contributed by atoms with Crippen LogP contribution < -0.4 is 10.6 Å². The molecular weight excluding hydrogens is 743 g/mol. The van der Waals surface area contributed by atoms with E-state index in [-0.39, 0.29) is 12.2 Å². The highest BCUT2D eigenvalue weighted by Crippen LogP contribution is 2.37. The number of aromatic nitrogens is 3. The summed E-state index contributed by atoms with van der Waals surface area (Å²) in [6.07, 6.45) is 10.6. The highest BCUT2D eigenvalue weighted by atomic mass is 15.2. The van der Waals surface area contributed by atoms with Gasteiger partial charge in [-0.1, -0.05) is 158 Å². The van der Waals surface area contributed by atoms with Crippen molar-refractivity contribution in [2.75, 3.05) is 0 Å². The van der Waals surface area contributed by atoms with Gasteiger partial charge >= 0.3 is 0 Å². The summed E-state index contributed by atoms with van der Waals surface area (Å²) >= 11 is 0. The Hall–Kier alpha value is -7.60. The fourth-order valence-electron chi connectivity index (χ4n) is 8.88. The van der Waals surface area contributed by atoms with Gasteiger partial charge in [-0.3, -0.25) is 5.32 Å². The Bertz CT molecular complexity index is 3070. The number of allylic oxidation sites excluding steroid dienone is 4. The highest BCUT2D eigenvalue weighted by molar-refractivity contribution is 6.09. The minimum absolute atomic E-state index is 0.0121. The van der Waals surface area contributed by atoms with E-state index in [4.69, 9.17) is 9.97 Å². The zero-order valence-corrected chi connectivity index (χ0v) is 33.6. The molecule has 2 aliphatic rings. The molecule has 0 saturated carbocycles. The molecule has 0 amide bonds. The molecule has 0 spiro atoms. The minimum Gasteiger partial charge on any atom is -0.366 e. The molecule has 0 radical (unpaired) electrons. The number of rotatable bonds is 8. The maximum Gasteiger partial charge on any atom is 0.156 e. The Morgan fingerprint density at radius 1 is 0.508 bits per heavy atom. The monoisotopic (exact) mass is 785 g/mol. The predicted molar refractivity (Wildman–Crippen MR) is 252 cm³/mol. The Balaban J connectivity index is 1.08. The van der Waals surface area contributed by atoms with Gasteiger partial charge in [0.1, 0.15) is 6.17 Å². The van der Waals surface area contributed by atoms with E-state index in [0.717, 1.165) is 74.8 Å². The number of para-hydroxylation sites is 2. The second-order valence-corrected chi connectivity index (χ2v) is 15.8. The maximum absolute atomic E-state index is 5.34. The van der Waals surface area contributed by atoms with Crippen molar-refractivity contribution in [2.24, 2.45) is 0 Å². The lowest BCUT2D eigenvalue weighted by atomic mass is 9.93. The van der Waals surface area contributed by atoms with Crippen molar-refractivity contribution in [3.63, 3.8) is 0 Å². The minimum atomic E-state index is -0.106. The van der Waals surface area contributed by atoms with Crippen LogP contribution in [0.2, 0.25) is 0 Å². The first kappa shape index (κ1) is 36.5. The molecule has 2 unspecified atom stereocenters. The molecule has 0 saturated heterocycles. The third kappa shape index (κ3) is 7.15. The summed E-state index contributed by atoms with van der Waals surface area (Å²) in [4.78, 5) is 10.5. The smallest absolute Gasteiger partial charge is 0.156 e. The molecule has 292 valence electrons. The molecule has 5 heteroatoms. The van der Waals surface area contributed by atoms with Gasteiger partial charge in [0.2, 0.25) is 0 Å². The molecule has 3 heterocycles. The summed E-state index contributed by atoms with van der Waals surface area (Å²) in [5.41, 5.74) is 15.3. The van der Waals surface area contributed by atoms with Crippen LogP contribution in [0.25, 0.3) is 72.4 Å². The Morgan fingerprint density at radius 3 is 1.77 bits per heavy atom. The van der Waals surface area contributed by atoms with Gasteiger partial charge in [0.25, 0.3) is 0 Å². The Kier molecular flexibility index (Phi) is 9.49. The molecule has 61 heavy (non-hydrogen) atoms. The van der Waals surface area contributed by atoms with E-state index in [1.165, 1.54) is 32.9 Å². The molecule has 2 N–H and O–H groups in total. The van der Waals surface area contributed by atoms with Crippen molar-refractivity contribution in [3.8, 4) is 39.3 Å². The Labute approximate surface area is 356 Å². The number of benzene rings is 7. The molecule has 2 atom stereocenters. The van der Waals surface area contributed by atoms with Crippen LogP contribution in [0.5, 0.6) is 0 Å². The summed E-state index contributed by atoms with van der Waals surface area (Å²) in [7, 11) is 0. The van der Waals surface area contributed by atoms with E-state index >= 15 is 0 Å². The summed E-state index contributed by atoms with van der Waals surface area (Å²) in [6, 6.07) is 67.2. The fourth-order valence-corrected chi connectivity index (χ4v) is 8.88. The molecule has 7 aromatic carbocycles. The van der Waals surface area contributed by atoms with Gasteiger partial charge < -0.3 is 9.88 Å². The lowest BCUT2D eigenvalue weighted by Crippen LogP contribution is -2.39. The van der Waals surface area contributed by atoms with Crippen molar-refractivity contribution < 1.29 is 0 Å². The average molecular weight is 786 g/mol. The number of fused-ring (bicyclic) bond motifs is 3. The van der Waals surface area contributed by atoms with E-state index in [1.807, 2.05) is 0 Å². The van der Waals surface area contributed by atoms with Gasteiger partial charge in [-0.15, -0.1) is 0 Å². The number of nitrogens with one attached hydrogen (secondary N) is 2. The standard InChI is InChI=1S/C56H43N5/c1-5-17-39(18-6-1)49-36-51(59-55(57-49)41-21-9-3-10-22-41)44-33-43(38-29-31-46(32-30-38)61-53-27-15-13-25-47(53)48-26-14-16-28-54(48)61)34-45(35-44)52-37-50(40-19-7-2-8-20-40)58-56(60-52)42-23-11-4-12-24-42/h1-11,13-23,25-37,49,55,57,59H,12,24H2. The van der Waals surface area contributed by atoms with Crippen LogP contribution in [0.1, 0.15) is 47.6 Å². The Morgan fingerprint density at radius 2 is 1.10 bits per heavy atom. The SMILES string of the molecule is C1=CCCC(c2nc(-c3ccccc3)cc(-c3cc(C4=CC(c5ccccc5)NC(c5ccccc5)N4)cc(-c4ccc(-n5c6ccccc6c6ccccc65)cc4)c3)n2)=C1. The fraction of sp³-hybridized carbons (Fsp3) is 0.0714. The summed E-state index contributed by atoms with van der Waals surface area (Å²) in [5, 5.41) is 10.3. The van der Waals surface area contributed by atoms with Crippen molar-refractivity contribution in [2.45, 2.75) is 25.0 Å². The second kappa shape index (κ2) is 15.9. The van der Waals surface area contributed by atoms with Gasteiger partial charge in [-0.25, -0.2) is 9.97 Å². The van der Waals surface area contributed by atoms with Gasteiger partial charge in [-0.05, 0) is 101 Å². The van der Waals surface area contributed by atoms with Crippen molar-refractivity contribution >= 4 is 33.1 Å². The summed E-state index contributed by atoms with van der Waals surface area (Å²) in [6.45, 7) is 0. The lowest BCUT2D eigenvalue weighted by Gasteiger charge is -2.33. The molecule has 1 aliphatic carbocycles. The summed E-state index contributed by atoms with van der Waals surface area (Å²) in [5.74, 6) is 0.774. The van der Waals surface area contributed by atoms with Crippen molar-refractivity contribution in [1.82, 2.24) is 25.2 Å². The molecule has 0 bridgehead atoms. The summed E-state index contributed by atoms with van der Waals surface area (Å²) < 4.78 is 2.37. The van der Waals surface area contributed by atoms with Crippen LogP contribution in [-0.2, 0) is 0 Å². The third-order valence-electron chi connectivity index (χ3n) is 11.9. The highest BCUT2D eigenvalue weighted by Gasteiger charge is 2.25. The maximum atomic E-state index is 5.34. The number of hydrogen-bond donors (Lipinski definition) is 2. The predicted octanol–water partition coefficient (Wildman–Crippen LogP) is 13.3. The van der Waals surface area contributed by atoms with E-state index < -0.39 is 0 Å². The largest absolute Gasteiger partial charge is 0.366 e. The van der Waals surface area contributed by atoms with Crippen LogP contribution in [0.15, 0.2) is 212 Å². The topological polar surface area (TPSA) is 54.8 Å². The van der Waals surface area contributed by atoms with E-state index in [0.29, 0.717) is 0 Å². The zero-order chi connectivity index (χ0) is 40.5. The van der Waals surface area contributed by atoms with Crippen molar-refractivity contribution in [1.29, 1.82) is 0 Å². The first-order valence-corrected chi connectivity index (χ1v) is 21.1. The average Bonchev–Trinajstić information content (AvgIpc) is 3.69. The van der Waals surface area contributed by atoms with E-state index in [9.17, 15) is 0 Å². The molecule has 9 aromatic rings. The molecule has 5 nitrogen and oxygen atoms in total. The van der Waals surface area contributed by atoms with Crippen LogP contribution >= 0.6 is 0 Å². The van der Waals surface area contributed by atoms with Crippen LogP contribution in [-0.4, -0.2) is 14.5 Å². The zero-order valence-electron chi connectivity index (χ0n) is 33.6. The van der Waals surface area contributed by atoms with E-state index in [2.05, 4.69) is 228 Å². The molecule has 11 rings (SSSR count). The molecule has 1 aliphatic heterocycles. The first-order chi connectivity index (χ1) is 30.2. The third-order valence-corrected chi connectivity index (χ3v) is 11.9. The van der Waals surface area contributed by atoms with E-state index in [1.54, 1.807) is 0 Å². The van der Waals surface area contributed by atoms with Gasteiger partial charge in [0, 0.05) is 33.3 Å². The van der Waals surface area contributed by atoms with Gasteiger partial charge in [0.15, 0.2) is 5.82 Å². The molecular formula is C56H43N5. The normalized spacial score (nSPS) is 16.3. The van der Waals surface area contributed by atoms with Crippen LogP contribution in [0.3, 0.4) is 0 Å². The quantitative estimate of drug-likeness (QED) is 0.161. The molecule has 0 fully saturated rings. The van der Waals surface area contributed by atoms with Crippen molar-refractivity contribution in [3.05, 3.63) is 235 Å². The van der Waals surface area contributed by atoms with Gasteiger partial charge in [0.05, 0.1) is 28.5 Å². The first-order valence-electron chi connectivity index (χ1n) is 21.1. The number of nitrogens with zero attached hydrogens (tertiary/aromatic N) is 3. The second-order valence-electron chi connectivity index (χ2n) is 15.8. The van der Waals surface area contributed by atoms with Crippen LogP contribution in [0, 0.1) is 0 Å².